The molecule has 2 bridgehead atoms. The zero-order valence-electron chi connectivity index (χ0n) is 12.6. The lowest BCUT2D eigenvalue weighted by molar-refractivity contribution is -0.236. The molecule has 3 fully saturated rings. The molecule has 2 aliphatic carbocycles. The maximum absolute atomic E-state index is 6.48. The second-order valence-corrected chi connectivity index (χ2v) is 7.71. The van der Waals surface area contributed by atoms with Gasteiger partial charge in [0.25, 0.3) is 0 Å². The summed E-state index contributed by atoms with van der Waals surface area (Å²) in [5, 5.41) is 0. The quantitative estimate of drug-likeness (QED) is 0.609. The van der Waals surface area contributed by atoms with E-state index in [9.17, 15) is 0 Å². The highest BCUT2D eigenvalue weighted by atomic mass is 16.8. The summed E-state index contributed by atoms with van der Waals surface area (Å²) in [7, 11) is 0. The molecule has 2 nitrogen and oxygen atoms in total. The molecule has 2 heteroatoms. The van der Waals surface area contributed by atoms with Gasteiger partial charge < -0.3 is 9.47 Å². The largest absolute Gasteiger partial charge is 0.347 e. The Hall–Kier alpha value is -0.340. The van der Waals surface area contributed by atoms with E-state index in [2.05, 4.69) is 20.8 Å². The Bertz CT molecular complexity index is 454. The van der Waals surface area contributed by atoms with Crippen LogP contribution in [0.2, 0.25) is 0 Å². The summed E-state index contributed by atoms with van der Waals surface area (Å²) in [6, 6.07) is 0. The molecule has 2 aliphatic heterocycles. The lowest BCUT2D eigenvalue weighted by Gasteiger charge is -2.57. The molecule has 0 aromatic carbocycles. The average molecular weight is 262 g/mol. The third kappa shape index (κ3) is 1.50. The van der Waals surface area contributed by atoms with E-state index in [0.29, 0.717) is 11.3 Å². The van der Waals surface area contributed by atoms with Crippen LogP contribution in [0.15, 0.2) is 11.1 Å². The first-order chi connectivity index (χ1) is 8.98. The first-order valence-electron chi connectivity index (χ1n) is 8.01. The molecule has 1 spiro atoms. The maximum Gasteiger partial charge on any atom is 0.166 e. The van der Waals surface area contributed by atoms with Gasteiger partial charge in [0, 0.05) is 6.42 Å². The van der Waals surface area contributed by atoms with Crippen LogP contribution in [-0.4, -0.2) is 18.0 Å². The summed E-state index contributed by atoms with van der Waals surface area (Å²) >= 11 is 0. The van der Waals surface area contributed by atoms with Gasteiger partial charge in [0.2, 0.25) is 0 Å². The Morgan fingerprint density at radius 3 is 2.79 bits per heavy atom. The fourth-order valence-corrected chi connectivity index (χ4v) is 5.65. The van der Waals surface area contributed by atoms with Gasteiger partial charge in [-0.3, -0.25) is 0 Å². The Labute approximate surface area is 116 Å². The third-order valence-corrected chi connectivity index (χ3v) is 6.58. The summed E-state index contributed by atoms with van der Waals surface area (Å²) in [5.41, 5.74) is 3.86. The van der Waals surface area contributed by atoms with E-state index in [1.807, 2.05) is 0 Å². The highest BCUT2D eigenvalue weighted by Gasteiger charge is 2.63. The van der Waals surface area contributed by atoms with E-state index in [4.69, 9.17) is 9.47 Å². The minimum Gasteiger partial charge on any atom is -0.347 e. The normalized spacial score (nSPS) is 52.9. The van der Waals surface area contributed by atoms with Crippen molar-refractivity contribution in [1.82, 2.24) is 0 Å². The number of hydrogen-bond acceptors (Lipinski definition) is 2. The monoisotopic (exact) mass is 262 g/mol. The fourth-order valence-electron chi connectivity index (χ4n) is 5.65. The van der Waals surface area contributed by atoms with E-state index in [1.165, 1.54) is 38.5 Å². The summed E-state index contributed by atoms with van der Waals surface area (Å²) < 4.78 is 12.5. The van der Waals surface area contributed by atoms with Gasteiger partial charge in [-0.2, -0.15) is 0 Å². The second-order valence-electron chi connectivity index (χ2n) is 7.71. The number of rotatable bonds is 0. The predicted octanol–water partition coefficient (Wildman–Crippen LogP) is 4.20. The molecule has 4 atom stereocenters. The molecule has 0 aromatic rings. The van der Waals surface area contributed by atoms with Gasteiger partial charge in [0.05, 0.1) is 12.2 Å². The van der Waals surface area contributed by atoms with Crippen molar-refractivity contribution in [3.8, 4) is 0 Å². The first-order valence-corrected chi connectivity index (χ1v) is 8.01. The van der Waals surface area contributed by atoms with E-state index >= 15 is 0 Å². The Balaban J connectivity index is 1.78. The topological polar surface area (TPSA) is 18.5 Å². The molecule has 2 saturated heterocycles. The van der Waals surface area contributed by atoms with Crippen molar-refractivity contribution in [2.45, 2.75) is 77.1 Å². The molecule has 0 N–H and O–H groups in total. The van der Waals surface area contributed by atoms with Gasteiger partial charge in [-0.25, -0.2) is 0 Å². The van der Waals surface area contributed by atoms with Crippen LogP contribution < -0.4 is 0 Å². The lowest BCUT2D eigenvalue weighted by Crippen LogP contribution is -2.56. The fraction of sp³-hybridized carbons (Fsp3) is 0.882. The zero-order chi connectivity index (χ0) is 13.3. The van der Waals surface area contributed by atoms with Crippen LogP contribution in [0.4, 0.5) is 0 Å². The molecule has 4 aliphatic rings. The molecular weight excluding hydrogens is 236 g/mol. The number of hydrogen-bond donors (Lipinski definition) is 0. The molecule has 106 valence electrons. The highest BCUT2D eigenvalue weighted by molar-refractivity contribution is 5.30. The molecule has 0 unspecified atom stereocenters. The third-order valence-electron chi connectivity index (χ3n) is 6.58. The minimum absolute atomic E-state index is 0.0306. The van der Waals surface area contributed by atoms with Crippen LogP contribution >= 0.6 is 0 Å². The van der Waals surface area contributed by atoms with Gasteiger partial charge in [0.15, 0.2) is 5.79 Å². The Kier molecular flexibility index (Phi) is 2.38. The van der Waals surface area contributed by atoms with E-state index < -0.39 is 0 Å². The van der Waals surface area contributed by atoms with Gasteiger partial charge in [-0.05, 0) is 63.7 Å². The predicted molar refractivity (Wildman–Crippen MR) is 74.8 cm³/mol. The van der Waals surface area contributed by atoms with E-state index in [0.717, 1.165) is 13.0 Å². The second kappa shape index (κ2) is 3.65. The molecule has 2 heterocycles. The maximum atomic E-state index is 6.48. The molecule has 0 amide bonds. The molecule has 0 radical (unpaired) electrons. The standard InChI is InChI=1S/C17H26O2/c1-12-5-4-8-15(2)13(12)6-10-17-11-18-16(3,19-17)9-7-14(15)17/h14H,4-11H2,1-3H3/t14-,15+,16+,17+/m1/s1. The molecule has 4 rings (SSSR count). The molecule has 19 heavy (non-hydrogen) atoms. The van der Waals surface area contributed by atoms with Crippen LogP contribution in [-0.2, 0) is 9.47 Å². The van der Waals surface area contributed by atoms with Gasteiger partial charge >= 0.3 is 0 Å². The van der Waals surface area contributed by atoms with E-state index in [-0.39, 0.29) is 11.4 Å². The average Bonchev–Trinajstić information content (AvgIpc) is 2.60. The summed E-state index contributed by atoms with van der Waals surface area (Å²) in [4.78, 5) is 0. The zero-order valence-corrected chi connectivity index (χ0v) is 12.6. The van der Waals surface area contributed by atoms with Crippen molar-refractivity contribution in [1.29, 1.82) is 0 Å². The van der Waals surface area contributed by atoms with Crippen LogP contribution in [0.3, 0.4) is 0 Å². The Morgan fingerprint density at radius 2 is 1.95 bits per heavy atom. The van der Waals surface area contributed by atoms with Crippen molar-refractivity contribution in [2.75, 3.05) is 6.61 Å². The Morgan fingerprint density at radius 1 is 1.11 bits per heavy atom. The van der Waals surface area contributed by atoms with Gasteiger partial charge in [-0.1, -0.05) is 18.1 Å². The molecular formula is C17H26O2. The summed E-state index contributed by atoms with van der Waals surface area (Å²) in [5.74, 6) is 0.396. The molecule has 1 saturated carbocycles. The first kappa shape index (κ1) is 12.4. The lowest BCUT2D eigenvalue weighted by atomic mass is 9.52. The summed E-state index contributed by atoms with van der Waals surface area (Å²) in [6.45, 7) is 7.85. The van der Waals surface area contributed by atoms with Crippen LogP contribution in [0, 0.1) is 11.3 Å². The van der Waals surface area contributed by atoms with E-state index in [1.54, 1.807) is 11.1 Å². The summed E-state index contributed by atoms with van der Waals surface area (Å²) in [6.07, 6.45) is 8.79. The van der Waals surface area contributed by atoms with Gasteiger partial charge in [-0.15, -0.1) is 0 Å². The SMILES string of the molecule is CC1=C2CC[C@]34CO[C@](C)(CC[C@@H]3[C@@]2(C)CCC1)O4. The smallest absolute Gasteiger partial charge is 0.166 e. The highest BCUT2D eigenvalue weighted by Crippen LogP contribution is 2.63. The van der Waals surface area contributed by atoms with Crippen molar-refractivity contribution >= 4 is 0 Å². The van der Waals surface area contributed by atoms with Gasteiger partial charge in [0.1, 0.15) is 0 Å². The van der Waals surface area contributed by atoms with Crippen LogP contribution in [0.5, 0.6) is 0 Å². The number of allylic oxidation sites excluding steroid dienone is 2. The van der Waals surface area contributed by atoms with Crippen molar-refractivity contribution in [3.63, 3.8) is 0 Å². The minimum atomic E-state index is -0.280. The van der Waals surface area contributed by atoms with Crippen molar-refractivity contribution in [2.24, 2.45) is 11.3 Å². The van der Waals surface area contributed by atoms with Crippen LogP contribution in [0.25, 0.3) is 0 Å². The van der Waals surface area contributed by atoms with Crippen LogP contribution in [0.1, 0.15) is 65.7 Å². The number of ether oxygens (including phenoxy) is 2. The van der Waals surface area contributed by atoms with Crippen molar-refractivity contribution in [3.05, 3.63) is 11.1 Å². The van der Waals surface area contributed by atoms with Crippen molar-refractivity contribution < 1.29 is 9.47 Å². The molecule has 0 aromatic heterocycles. The number of fused-ring (bicyclic) bond motifs is 3.